The van der Waals surface area contributed by atoms with Gasteiger partial charge in [-0.25, -0.2) is 0 Å². The van der Waals surface area contributed by atoms with E-state index >= 15 is 0 Å². The molecule has 1 rings (SSSR count). The molecule has 0 aromatic heterocycles. The Morgan fingerprint density at radius 3 is 2.06 bits per heavy atom. The molecule has 90 valence electrons. The molecule has 0 aliphatic carbocycles. The van der Waals surface area contributed by atoms with Crippen molar-refractivity contribution in [1.29, 1.82) is 0 Å². The van der Waals surface area contributed by atoms with Gasteiger partial charge < -0.3 is 0 Å². The SMILES string of the molecule is CC[Si](C)(CC)CCCN1C(=O)C=CC1=O. The zero-order chi connectivity index (χ0) is 12.2. The number of hydrogen-bond acceptors (Lipinski definition) is 2. The first-order valence-electron chi connectivity index (χ1n) is 6.06. The summed E-state index contributed by atoms with van der Waals surface area (Å²) in [5.41, 5.74) is 0. The molecule has 0 unspecified atom stereocenters. The minimum atomic E-state index is -1.08. The third kappa shape index (κ3) is 3.04. The van der Waals surface area contributed by atoms with E-state index in [1.165, 1.54) is 35.2 Å². The summed E-state index contributed by atoms with van der Waals surface area (Å²) in [6, 6.07) is 3.77. The highest BCUT2D eigenvalue weighted by Gasteiger charge is 2.25. The smallest absolute Gasteiger partial charge is 0.253 e. The lowest BCUT2D eigenvalue weighted by atomic mass is 10.4. The summed E-state index contributed by atoms with van der Waals surface area (Å²) in [5, 5.41) is 0. The van der Waals surface area contributed by atoms with Gasteiger partial charge in [-0.3, -0.25) is 14.5 Å². The van der Waals surface area contributed by atoms with Gasteiger partial charge in [0.15, 0.2) is 0 Å². The normalized spacial score (nSPS) is 16.3. The van der Waals surface area contributed by atoms with Gasteiger partial charge in [0, 0.05) is 26.8 Å². The Kier molecular flexibility index (Phi) is 4.47. The van der Waals surface area contributed by atoms with Crippen molar-refractivity contribution in [3.63, 3.8) is 0 Å². The molecule has 0 saturated heterocycles. The van der Waals surface area contributed by atoms with Gasteiger partial charge >= 0.3 is 0 Å². The highest BCUT2D eigenvalue weighted by atomic mass is 28.3. The van der Waals surface area contributed by atoms with Crippen LogP contribution in [0.4, 0.5) is 0 Å². The van der Waals surface area contributed by atoms with Crippen molar-refractivity contribution in [1.82, 2.24) is 4.90 Å². The van der Waals surface area contributed by atoms with Gasteiger partial charge in [-0.15, -0.1) is 0 Å². The zero-order valence-electron chi connectivity index (χ0n) is 10.5. The predicted molar refractivity (Wildman–Crippen MR) is 67.9 cm³/mol. The van der Waals surface area contributed by atoms with Gasteiger partial charge in [0.2, 0.25) is 0 Å². The number of nitrogens with zero attached hydrogens (tertiary/aromatic N) is 1. The summed E-state index contributed by atoms with van der Waals surface area (Å²) < 4.78 is 0. The lowest BCUT2D eigenvalue weighted by Gasteiger charge is -2.25. The van der Waals surface area contributed by atoms with E-state index in [1.807, 2.05) is 0 Å². The first-order valence-corrected chi connectivity index (χ1v) is 9.18. The molecule has 1 aliphatic rings. The number of carbonyl (C=O) groups is 2. The molecular formula is C12H21NO2Si. The maximum atomic E-state index is 11.3. The largest absolute Gasteiger partial charge is 0.275 e. The molecule has 0 N–H and O–H groups in total. The quantitative estimate of drug-likeness (QED) is 0.527. The molecule has 0 atom stereocenters. The highest BCUT2D eigenvalue weighted by Crippen LogP contribution is 2.22. The summed E-state index contributed by atoms with van der Waals surface area (Å²) >= 11 is 0. The van der Waals surface area contributed by atoms with Gasteiger partial charge in [0.1, 0.15) is 0 Å². The van der Waals surface area contributed by atoms with E-state index in [0.29, 0.717) is 6.54 Å². The van der Waals surface area contributed by atoms with Crippen LogP contribution < -0.4 is 0 Å². The van der Waals surface area contributed by atoms with Gasteiger partial charge in [-0.05, 0) is 6.42 Å². The number of imide groups is 1. The van der Waals surface area contributed by atoms with Crippen molar-refractivity contribution in [2.24, 2.45) is 0 Å². The van der Waals surface area contributed by atoms with Crippen LogP contribution in [0.25, 0.3) is 0 Å². The first-order chi connectivity index (χ1) is 7.52. The highest BCUT2D eigenvalue weighted by molar-refractivity contribution is 6.78. The van der Waals surface area contributed by atoms with Crippen LogP contribution in [0.5, 0.6) is 0 Å². The summed E-state index contributed by atoms with van der Waals surface area (Å²) in [4.78, 5) is 24.0. The lowest BCUT2D eigenvalue weighted by Crippen LogP contribution is -2.33. The molecule has 0 fully saturated rings. The fourth-order valence-electron chi connectivity index (χ4n) is 1.92. The molecule has 0 aromatic carbocycles. The second kappa shape index (κ2) is 5.43. The average molecular weight is 239 g/mol. The number of amides is 2. The Morgan fingerprint density at radius 1 is 1.12 bits per heavy atom. The molecule has 2 amide bonds. The van der Waals surface area contributed by atoms with Crippen LogP contribution in [-0.4, -0.2) is 31.3 Å². The molecule has 0 bridgehead atoms. The fraction of sp³-hybridized carbons (Fsp3) is 0.667. The van der Waals surface area contributed by atoms with Crippen molar-refractivity contribution in [2.45, 2.75) is 44.9 Å². The standard InChI is InChI=1S/C12H21NO2Si/c1-4-16(3,5-2)10-6-9-13-11(14)7-8-12(13)15/h7-8H,4-6,9-10H2,1-3H3. The maximum absolute atomic E-state index is 11.3. The van der Waals surface area contributed by atoms with E-state index in [0.717, 1.165) is 6.42 Å². The van der Waals surface area contributed by atoms with E-state index in [-0.39, 0.29) is 11.8 Å². The van der Waals surface area contributed by atoms with Crippen molar-refractivity contribution in [3.8, 4) is 0 Å². The monoisotopic (exact) mass is 239 g/mol. The van der Waals surface area contributed by atoms with Crippen LogP contribution in [0, 0.1) is 0 Å². The van der Waals surface area contributed by atoms with Crippen molar-refractivity contribution in [3.05, 3.63) is 12.2 Å². The molecular weight excluding hydrogens is 218 g/mol. The zero-order valence-corrected chi connectivity index (χ0v) is 11.5. The number of hydrogen-bond donors (Lipinski definition) is 0. The fourth-order valence-corrected chi connectivity index (χ4v) is 4.14. The van der Waals surface area contributed by atoms with Gasteiger partial charge in [0.05, 0.1) is 0 Å². The summed E-state index contributed by atoms with van der Waals surface area (Å²) in [7, 11) is -1.08. The van der Waals surface area contributed by atoms with Gasteiger partial charge in [-0.1, -0.05) is 38.5 Å². The average Bonchev–Trinajstić information content (AvgIpc) is 2.60. The summed E-state index contributed by atoms with van der Waals surface area (Å²) in [6.07, 6.45) is 3.68. The van der Waals surface area contributed by atoms with Crippen LogP contribution >= 0.6 is 0 Å². The second-order valence-corrected chi connectivity index (χ2v) is 10.3. The van der Waals surface area contributed by atoms with Gasteiger partial charge in [-0.2, -0.15) is 0 Å². The lowest BCUT2D eigenvalue weighted by molar-refractivity contribution is -0.136. The molecule has 0 aromatic rings. The molecule has 16 heavy (non-hydrogen) atoms. The second-order valence-electron chi connectivity index (χ2n) is 4.78. The molecule has 0 spiro atoms. The van der Waals surface area contributed by atoms with E-state index in [4.69, 9.17) is 0 Å². The molecule has 1 aliphatic heterocycles. The summed E-state index contributed by atoms with van der Waals surface area (Å²) in [5.74, 6) is -0.303. The van der Waals surface area contributed by atoms with Crippen LogP contribution in [0.1, 0.15) is 20.3 Å². The Labute approximate surface area is 98.5 Å². The van der Waals surface area contributed by atoms with Crippen LogP contribution in [-0.2, 0) is 9.59 Å². The van der Waals surface area contributed by atoms with Crippen LogP contribution in [0.3, 0.4) is 0 Å². The molecule has 0 saturated carbocycles. The topological polar surface area (TPSA) is 37.4 Å². The van der Waals surface area contributed by atoms with E-state index < -0.39 is 8.07 Å². The van der Waals surface area contributed by atoms with E-state index in [1.54, 1.807) is 0 Å². The minimum absolute atomic E-state index is 0.152. The van der Waals surface area contributed by atoms with Crippen LogP contribution in [0.15, 0.2) is 12.2 Å². The van der Waals surface area contributed by atoms with Crippen molar-refractivity contribution < 1.29 is 9.59 Å². The van der Waals surface area contributed by atoms with Crippen molar-refractivity contribution in [2.75, 3.05) is 6.54 Å². The Bertz CT molecular complexity index is 290. The minimum Gasteiger partial charge on any atom is -0.275 e. The molecule has 4 heteroatoms. The Morgan fingerprint density at radius 2 is 1.62 bits per heavy atom. The Balaban J connectivity index is 2.36. The molecule has 3 nitrogen and oxygen atoms in total. The van der Waals surface area contributed by atoms with Crippen molar-refractivity contribution >= 4 is 19.9 Å². The number of rotatable bonds is 6. The maximum Gasteiger partial charge on any atom is 0.253 e. The van der Waals surface area contributed by atoms with E-state index in [9.17, 15) is 9.59 Å². The third-order valence-electron chi connectivity index (χ3n) is 3.77. The van der Waals surface area contributed by atoms with E-state index in [2.05, 4.69) is 20.4 Å². The first kappa shape index (κ1) is 13.2. The molecule has 0 radical (unpaired) electrons. The Hall–Kier alpha value is -0.903. The predicted octanol–water partition coefficient (Wildman–Crippen LogP) is 2.42. The van der Waals surface area contributed by atoms with Gasteiger partial charge in [0.25, 0.3) is 11.8 Å². The molecule has 1 heterocycles. The number of carbonyl (C=O) groups excluding carboxylic acids is 2. The summed E-state index contributed by atoms with van der Waals surface area (Å²) in [6.45, 7) is 7.50. The van der Waals surface area contributed by atoms with Crippen LogP contribution in [0.2, 0.25) is 24.7 Å². The third-order valence-corrected chi connectivity index (χ3v) is 8.74.